The second-order valence-corrected chi connectivity index (χ2v) is 3.05. The van der Waals surface area contributed by atoms with Crippen LogP contribution >= 0.6 is 11.6 Å². The van der Waals surface area contributed by atoms with Crippen LogP contribution in [0.5, 0.6) is 5.75 Å². The topological polar surface area (TPSA) is 25.0 Å². The zero-order valence-electron chi connectivity index (χ0n) is 6.90. The molecule has 0 amide bonds. The van der Waals surface area contributed by atoms with E-state index in [1.54, 1.807) is 12.3 Å². The van der Waals surface area contributed by atoms with Gasteiger partial charge in [0.1, 0.15) is 11.6 Å². The van der Waals surface area contributed by atoms with Crippen molar-refractivity contribution in [1.82, 2.24) is 4.98 Å². The lowest BCUT2D eigenvalue weighted by Gasteiger charge is -2.04. The minimum atomic E-state index is -0.370. The van der Waals surface area contributed by atoms with E-state index in [1.807, 2.05) is 0 Å². The van der Waals surface area contributed by atoms with E-state index in [0.29, 0.717) is 16.7 Å². The van der Waals surface area contributed by atoms with Crippen molar-refractivity contribution in [2.45, 2.75) is 0 Å². The molecule has 4 heteroatoms. The molecule has 0 unspecified atom stereocenters. The largest absolute Gasteiger partial charge is 0.494 e. The van der Waals surface area contributed by atoms with Gasteiger partial charge in [-0.2, -0.15) is 0 Å². The summed E-state index contributed by atoms with van der Waals surface area (Å²) in [5, 5.41) is 0.944. The molecule has 13 heavy (non-hydrogen) atoms. The Morgan fingerprint density at radius 1 is 1.54 bits per heavy atom. The van der Waals surface area contributed by atoms with Gasteiger partial charge in [-0.25, -0.2) is 4.39 Å². The van der Waals surface area contributed by atoms with Crippen molar-refractivity contribution in [1.29, 1.82) is 0 Å². The van der Waals surface area contributed by atoms with Gasteiger partial charge < -0.3 is 9.72 Å². The maximum atomic E-state index is 13.2. The van der Waals surface area contributed by atoms with E-state index in [9.17, 15) is 4.39 Å². The molecule has 2 aromatic rings. The zero-order valence-corrected chi connectivity index (χ0v) is 7.65. The minimum Gasteiger partial charge on any atom is -0.494 e. The maximum Gasteiger partial charge on any atom is 0.148 e. The number of fused-ring (bicyclic) bond motifs is 1. The van der Waals surface area contributed by atoms with Gasteiger partial charge in [-0.3, -0.25) is 0 Å². The molecular formula is C9H7ClFNO. The van der Waals surface area contributed by atoms with Crippen LogP contribution in [-0.2, 0) is 0 Å². The number of rotatable bonds is 1. The Balaban J connectivity index is 2.88. The Bertz CT molecular complexity index is 452. The number of hydrogen-bond acceptors (Lipinski definition) is 1. The first-order chi connectivity index (χ1) is 6.24. The molecule has 0 aliphatic heterocycles. The molecule has 0 spiro atoms. The first-order valence-corrected chi connectivity index (χ1v) is 4.11. The summed E-state index contributed by atoms with van der Waals surface area (Å²) in [6, 6.07) is 2.96. The molecule has 1 aromatic heterocycles. The number of hydrogen-bond donors (Lipinski definition) is 1. The fraction of sp³-hybridized carbons (Fsp3) is 0.111. The Kier molecular flexibility index (Phi) is 1.88. The van der Waals surface area contributed by atoms with E-state index < -0.39 is 0 Å². The number of methoxy groups -OCH3 is 1. The van der Waals surface area contributed by atoms with Gasteiger partial charge >= 0.3 is 0 Å². The zero-order chi connectivity index (χ0) is 9.42. The van der Waals surface area contributed by atoms with Crippen molar-refractivity contribution in [3.63, 3.8) is 0 Å². The molecule has 0 saturated heterocycles. The fourth-order valence-corrected chi connectivity index (χ4v) is 1.62. The highest BCUT2D eigenvalue weighted by Crippen LogP contribution is 2.34. The Labute approximate surface area is 79.3 Å². The number of H-pyrrole nitrogens is 1. The van der Waals surface area contributed by atoms with Crippen LogP contribution in [0.1, 0.15) is 0 Å². The summed E-state index contributed by atoms with van der Waals surface area (Å²) in [4.78, 5) is 2.78. The molecule has 2 rings (SSSR count). The van der Waals surface area contributed by atoms with E-state index in [4.69, 9.17) is 16.3 Å². The predicted octanol–water partition coefficient (Wildman–Crippen LogP) is 2.97. The summed E-state index contributed by atoms with van der Waals surface area (Å²) in [5.41, 5.74) is 0.418. The molecule has 1 heterocycles. The van der Waals surface area contributed by atoms with Crippen molar-refractivity contribution in [2.24, 2.45) is 0 Å². The number of ether oxygens (including phenoxy) is 1. The van der Waals surface area contributed by atoms with Crippen LogP contribution < -0.4 is 4.74 Å². The van der Waals surface area contributed by atoms with Gasteiger partial charge in [0, 0.05) is 11.6 Å². The molecular weight excluding hydrogens is 193 g/mol. The van der Waals surface area contributed by atoms with E-state index in [1.165, 1.54) is 13.2 Å². The summed E-state index contributed by atoms with van der Waals surface area (Å²) in [5.74, 6) is 0.130. The van der Waals surface area contributed by atoms with E-state index in [-0.39, 0.29) is 10.8 Å². The van der Waals surface area contributed by atoms with Crippen LogP contribution in [0.15, 0.2) is 18.3 Å². The highest BCUT2D eigenvalue weighted by molar-refractivity contribution is 6.33. The molecule has 0 atom stereocenters. The maximum absolute atomic E-state index is 13.2. The molecule has 0 saturated carbocycles. The van der Waals surface area contributed by atoms with Crippen LogP contribution in [0.2, 0.25) is 5.02 Å². The molecule has 0 aliphatic carbocycles. The van der Waals surface area contributed by atoms with Crippen molar-refractivity contribution in [3.8, 4) is 5.75 Å². The van der Waals surface area contributed by atoms with Gasteiger partial charge in [-0.05, 0) is 12.1 Å². The minimum absolute atomic E-state index is 0.284. The highest BCUT2D eigenvalue weighted by Gasteiger charge is 2.11. The Morgan fingerprint density at radius 3 is 3.00 bits per heavy atom. The third-order valence-electron chi connectivity index (χ3n) is 1.90. The van der Waals surface area contributed by atoms with Crippen molar-refractivity contribution < 1.29 is 9.13 Å². The summed E-state index contributed by atoms with van der Waals surface area (Å²) in [6.07, 6.45) is 1.65. The lowest BCUT2D eigenvalue weighted by atomic mass is 10.2. The quantitative estimate of drug-likeness (QED) is 0.751. The third-order valence-corrected chi connectivity index (χ3v) is 2.19. The molecule has 2 nitrogen and oxygen atoms in total. The number of aromatic nitrogens is 1. The van der Waals surface area contributed by atoms with Crippen molar-refractivity contribution in [3.05, 3.63) is 29.2 Å². The van der Waals surface area contributed by atoms with E-state index in [0.717, 1.165) is 0 Å². The van der Waals surface area contributed by atoms with Crippen LogP contribution in [-0.4, -0.2) is 12.1 Å². The first kappa shape index (κ1) is 8.38. The number of halogens is 2. The van der Waals surface area contributed by atoms with Gasteiger partial charge in [0.15, 0.2) is 0 Å². The highest BCUT2D eigenvalue weighted by atomic mass is 35.5. The lowest BCUT2D eigenvalue weighted by molar-refractivity contribution is 0.419. The average molecular weight is 200 g/mol. The second kappa shape index (κ2) is 2.92. The molecule has 1 aromatic carbocycles. The van der Waals surface area contributed by atoms with E-state index >= 15 is 0 Å². The van der Waals surface area contributed by atoms with Crippen LogP contribution in [0, 0.1) is 5.82 Å². The number of benzene rings is 1. The molecule has 68 valence electrons. The molecule has 0 fully saturated rings. The van der Waals surface area contributed by atoms with Gasteiger partial charge in [-0.1, -0.05) is 11.6 Å². The second-order valence-electron chi connectivity index (χ2n) is 2.64. The fourth-order valence-electron chi connectivity index (χ4n) is 1.34. The van der Waals surface area contributed by atoms with Gasteiger partial charge in [0.25, 0.3) is 0 Å². The summed E-state index contributed by atoms with van der Waals surface area (Å²) < 4.78 is 18.3. The molecule has 0 bridgehead atoms. The van der Waals surface area contributed by atoms with Crippen LogP contribution in [0.25, 0.3) is 10.9 Å². The standard InChI is InChI=1S/C9H7ClFNO/c1-13-9-5-2-3-12-8(5)7(11)4-6(9)10/h2-4,12H,1H3. The summed E-state index contributed by atoms with van der Waals surface area (Å²) in [7, 11) is 1.51. The van der Waals surface area contributed by atoms with Crippen molar-refractivity contribution >= 4 is 22.5 Å². The number of aromatic amines is 1. The summed E-state index contributed by atoms with van der Waals surface area (Å²) in [6.45, 7) is 0. The Hall–Kier alpha value is -1.22. The monoisotopic (exact) mass is 199 g/mol. The lowest BCUT2D eigenvalue weighted by Crippen LogP contribution is -1.87. The van der Waals surface area contributed by atoms with E-state index in [2.05, 4.69) is 4.98 Å². The van der Waals surface area contributed by atoms with Crippen LogP contribution in [0.3, 0.4) is 0 Å². The molecule has 0 aliphatic rings. The van der Waals surface area contributed by atoms with Crippen molar-refractivity contribution in [2.75, 3.05) is 7.11 Å². The third kappa shape index (κ3) is 1.16. The average Bonchev–Trinajstić information content (AvgIpc) is 2.53. The van der Waals surface area contributed by atoms with Gasteiger partial charge in [0.05, 0.1) is 17.6 Å². The van der Waals surface area contributed by atoms with Gasteiger partial charge in [-0.15, -0.1) is 0 Å². The smallest absolute Gasteiger partial charge is 0.148 e. The molecule has 1 N–H and O–H groups in total. The van der Waals surface area contributed by atoms with Crippen LogP contribution in [0.4, 0.5) is 4.39 Å². The Morgan fingerprint density at radius 2 is 2.31 bits per heavy atom. The summed E-state index contributed by atoms with van der Waals surface area (Å²) >= 11 is 5.79. The number of nitrogens with one attached hydrogen (secondary N) is 1. The normalized spacial score (nSPS) is 10.7. The first-order valence-electron chi connectivity index (χ1n) is 3.73. The predicted molar refractivity (Wildman–Crippen MR) is 49.8 cm³/mol. The molecule has 0 radical (unpaired) electrons. The SMILES string of the molecule is COc1c(Cl)cc(F)c2[nH]ccc12. The van der Waals surface area contributed by atoms with Gasteiger partial charge in [0.2, 0.25) is 0 Å².